The van der Waals surface area contributed by atoms with E-state index in [9.17, 15) is 18.8 Å². The van der Waals surface area contributed by atoms with Gasteiger partial charge in [-0.1, -0.05) is 25.5 Å². The van der Waals surface area contributed by atoms with E-state index in [1.807, 2.05) is 6.92 Å². The third kappa shape index (κ3) is 6.11. The number of hydrogen-bond donors (Lipinski definition) is 4. The minimum Gasteiger partial charge on any atom is -0.469 e. The van der Waals surface area contributed by atoms with Gasteiger partial charge < -0.3 is 15.1 Å². The average Bonchev–Trinajstić information content (AvgIpc) is 3.11. The molecule has 2 rings (SSSR count). The highest BCUT2D eigenvalue weighted by Crippen LogP contribution is 2.07. The lowest BCUT2D eigenvalue weighted by molar-refractivity contribution is -0.123. The Labute approximate surface area is 161 Å². The molecule has 0 aliphatic rings. The van der Waals surface area contributed by atoms with E-state index in [-0.39, 0.29) is 12.4 Å². The predicted octanol–water partition coefficient (Wildman–Crippen LogP) is 2.16. The minimum absolute atomic E-state index is 0.184. The van der Waals surface area contributed by atoms with Gasteiger partial charge in [-0.2, -0.15) is 0 Å². The van der Waals surface area contributed by atoms with Crippen molar-refractivity contribution in [3.05, 3.63) is 59.3 Å². The molecule has 8 nitrogen and oxygen atoms in total. The molecule has 28 heavy (non-hydrogen) atoms. The van der Waals surface area contributed by atoms with Crippen molar-refractivity contribution in [2.45, 2.75) is 39.3 Å². The zero-order valence-corrected chi connectivity index (χ0v) is 15.7. The first-order valence-corrected chi connectivity index (χ1v) is 8.83. The summed E-state index contributed by atoms with van der Waals surface area (Å²) in [6.45, 7) is 3.68. The Hall–Kier alpha value is -3.36. The molecule has 2 aromatic rings. The molecule has 1 aromatic heterocycles. The summed E-state index contributed by atoms with van der Waals surface area (Å²) >= 11 is 0. The van der Waals surface area contributed by atoms with Gasteiger partial charge in [-0.25, -0.2) is 9.18 Å². The van der Waals surface area contributed by atoms with Crippen LogP contribution in [0.4, 0.5) is 9.18 Å². The average molecular weight is 390 g/mol. The van der Waals surface area contributed by atoms with Crippen LogP contribution in [0, 0.1) is 12.7 Å². The van der Waals surface area contributed by atoms with Crippen LogP contribution in [-0.4, -0.2) is 23.9 Å². The molecule has 0 aliphatic heterocycles. The van der Waals surface area contributed by atoms with Crippen LogP contribution in [0.25, 0.3) is 0 Å². The fourth-order valence-corrected chi connectivity index (χ4v) is 2.44. The first-order valence-electron chi connectivity index (χ1n) is 8.83. The minimum atomic E-state index is -0.830. The Balaban J connectivity index is 1.84. The van der Waals surface area contributed by atoms with Crippen molar-refractivity contribution in [1.82, 2.24) is 21.5 Å². The van der Waals surface area contributed by atoms with E-state index in [0.717, 1.165) is 5.56 Å². The summed E-state index contributed by atoms with van der Waals surface area (Å²) in [6, 6.07) is 5.82. The molecule has 0 saturated carbocycles. The first-order chi connectivity index (χ1) is 13.4. The Morgan fingerprint density at radius 1 is 1.11 bits per heavy atom. The number of aryl methyl sites for hydroxylation is 1. The third-order valence-corrected chi connectivity index (χ3v) is 3.97. The van der Waals surface area contributed by atoms with Crippen molar-refractivity contribution in [2.24, 2.45) is 0 Å². The molecule has 4 amide bonds. The van der Waals surface area contributed by atoms with E-state index in [1.165, 1.54) is 24.5 Å². The number of furan rings is 1. The monoisotopic (exact) mass is 390 g/mol. The number of nitrogens with one attached hydrogen (secondary N) is 4. The molecule has 0 spiro atoms. The van der Waals surface area contributed by atoms with Crippen LogP contribution in [0.15, 0.2) is 41.0 Å². The van der Waals surface area contributed by atoms with Crippen LogP contribution in [0.5, 0.6) is 0 Å². The molecular weight excluding hydrogens is 367 g/mol. The normalized spacial score (nSPS) is 11.4. The maximum atomic E-state index is 12.9. The summed E-state index contributed by atoms with van der Waals surface area (Å²) in [6.07, 6.45) is 2.40. The number of benzene rings is 1. The van der Waals surface area contributed by atoms with Gasteiger partial charge in [-0.05, 0) is 37.1 Å². The van der Waals surface area contributed by atoms with Crippen molar-refractivity contribution in [3.63, 3.8) is 0 Å². The number of hydrazine groups is 1. The fraction of sp³-hybridized carbons (Fsp3) is 0.316. The SMILES string of the molecule is CCC[C@@H](NC(=O)NCc1ccc(F)cc1)C(=O)NNC(=O)c1ccoc1C. The van der Waals surface area contributed by atoms with E-state index in [4.69, 9.17) is 4.42 Å². The molecule has 0 aliphatic carbocycles. The van der Waals surface area contributed by atoms with Crippen LogP contribution in [0.2, 0.25) is 0 Å². The molecule has 0 bridgehead atoms. The van der Waals surface area contributed by atoms with E-state index in [1.54, 1.807) is 19.1 Å². The number of carbonyl (C=O) groups excluding carboxylic acids is 3. The molecule has 1 heterocycles. The van der Waals surface area contributed by atoms with E-state index >= 15 is 0 Å². The highest BCUT2D eigenvalue weighted by atomic mass is 19.1. The van der Waals surface area contributed by atoms with E-state index in [2.05, 4.69) is 21.5 Å². The largest absolute Gasteiger partial charge is 0.469 e. The Bertz CT molecular complexity index is 820. The van der Waals surface area contributed by atoms with Crippen molar-refractivity contribution < 1.29 is 23.2 Å². The molecular formula is C19H23FN4O4. The van der Waals surface area contributed by atoms with Gasteiger partial charge in [-0.3, -0.25) is 20.4 Å². The fourth-order valence-electron chi connectivity index (χ4n) is 2.44. The smallest absolute Gasteiger partial charge is 0.315 e. The first kappa shape index (κ1) is 20.9. The highest BCUT2D eigenvalue weighted by Gasteiger charge is 2.21. The molecule has 4 N–H and O–H groups in total. The zero-order valence-electron chi connectivity index (χ0n) is 15.7. The van der Waals surface area contributed by atoms with E-state index < -0.39 is 23.9 Å². The summed E-state index contributed by atoms with van der Waals surface area (Å²) in [5.74, 6) is -1.00. The zero-order chi connectivity index (χ0) is 20.5. The number of carbonyl (C=O) groups is 3. The summed E-state index contributed by atoms with van der Waals surface area (Å²) in [5, 5.41) is 5.17. The Morgan fingerprint density at radius 2 is 1.82 bits per heavy atom. The molecule has 1 atom stereocenters. The second kappa shape index (κ2) is 10.1. The lowest BCUT2D eigenvalue weighted by Crippen LogP contribution is -2.54. The maximum Gasteiger partial charge on any atom is 0.315 e. The summed E-state index contributed by atoms with van der Waals surface area (Å²) in [4.78, 5) is 36.4. The Morgan fingerprint density at radius 3 is 2.43 bits per heavy atom. The molecule has 150 valence electrons. The van der Waals surface area contributed by atoms with Crippen LogP contribution in [-0.2, 0) is 11.3 Å². The van der Waals surface area contributed by atoms with Crippen LogP contribution in [0.1, 0.15) is 41.4 Å². The molecule has 0 radical (unpaired) electrons. The van der Waals surface area contributed by atoms with E-state index in [0.29, 0.717) is 24.2 Å². The molecule has 0 fully saturated rings. The number of hydrogen-bond acceptors (Lipinski definition) is 4. The maximum absolute atomic E-state index is 12.9. The second-order valence-electron chi connectivity index (χ2n) is 6.13. The lowest BCUT2D eigenvalue weighted by Gasteiger charge is -2.18. The number of rotatable bonds is 7. The van der Waals surface area contributed by atoms with Gasteiger partial charge in [0, 0.05) is 6.54 Å². The predicted molar refractivity (Wildman–Crippen MR) is 99.5 cm³/mol. The van der Waals surface area contributed by atoms with Gasteiger partial charge in [0.05, 0.1) is 11.8 Å². The number of urea groups is 1. The van der Waals surface area contributed by atoms with Gasteiger partial charge in [0.25, 0.3) is 11.8 Å². The Kier molecular flexibility index (Phi) is 7.55. The third-order valence-electron chi connectivity index (χ3n) is 3.97. The second-order valence-corrected chi connectivity index (χ2v) is 6.13. The number of halogens is 1. The van der Waals surface area contributed by atoms with Crippen molar-refractivity contribution >= 4 is 17.8 Å². The van der Waals surface area contributed by atoms with Crippen LogP contribution in [0.3, 0.4) is 0 Å². The van der Waals surface area contributed by atoms with Gasteiger partial charge >= 0.3 is 6.03 Å². The number of amides is 4. The molecule has 9 heteroatoms. The molecule has 0 saturated heterocycles. The van der Waals surface area contributed by atoms with Gasteiger partial charge in [0.1, 0.15) is 17.6 Å². The summed E-state index contributed by atoms with van der Waals surface area (Å²) < 4.78 is 17.9. The molecule has 0 unspecified atom stereocenters. The van der Waals surface area contributed by atoms with Gasteiger partial charge in [0.2, 0.25) is 0 Å². The highest BCUT2D eigenvalue weighted by molar-refractivity contribution is 5.97. The standard InChI is InChI=1S/C19H23FN4O4/c1-3-4-16(18(26)24-23-17(25)15-9-10-28-12(15)2)22-19(27)21-11-13-5-7-14(20)8-6-13/h5-10,16H,3-4,11H2,1-2H3,(H,23,25)(H,24,26)(H2,21,22,27)/t16-/m1/s1. The lowest BCUT2D eigenvalue weighted by atomic mass is 10.1. The summed E-state index contributed by atoms with van der Waals surface area (Å²) in [7, 11) is 0. The van der Waals surface area contributed by atoms with Crippen molar-refractivity contribution in [2.75, 3.05) is 0 Å². The summed E-state index contributed by atoms with van der Waals surface area (Å²) in [5.41, 5.74) is 5.62. The van der Waals surface area contributed by atoms with Gasteiger partial charge in [-0.15, -0.1) is 0 Å². The molecule has 1 aromatic carbocycles. The van der Waals surface area contributed by atoms with Crippen molar-refractivity contribution in [1.29, 1.82) is 0 Å². The quantitative estimate of drug-likeness (QED) is 0.543. The topological polar surface area (TPSA) is 112 Å². The van der Waals surface area contributed by atoms with Crippen LogP contribution >= 0.6 is 0 Å². The van der Waals surface area contributed by atoms with Crippen LogP contribution < -0.4 is 21.5 Å². The van der Waals surface area contributed by atoms with Crippen molar-refractivity contribution in [3.8, 4) is 0 Å². The van der Waals surface area contributed by atoms with Gasteiger partial charge in [0.15, 0.2) is 0 Å².